The Labute approximate surface area is 140 Å². The number of aryl methyl sites for hydroxylation is 2. The summed E-state index contributed by atoms with van der Waals surface area (Å²) in [5.41, 5.74) is 3.95. The van der Waals surface area contributed by atoms with Crippen LogP contribution in [0.2, 0.25) is 0 Å². The van der Waals surface area contributed by atoms with E-state index in [1.54, 1.807) is 0 Å². The minimum Gasteiger partial charge on any atom is -0.465 e. The highest BCUT2D eigenvalue weighted by molar-refractivity contribution is 6.07. The molecule has 24 heavy (non-hydrogen) atoms. The van der Waals surface area contributed by atoms with E-state index in [1.165, 1.54) is 7.11 Å². The molecule has 3 aromatic rings. The SMILES string of the molecule is CCc1cc(C)c2[nH]c(=O)c(C(=O)OC)c(-c3ccccc3)c2c1. The van der Waals surface area contributed by atoms with Gasteiger partial charge in [-0.2, -0.15) is 0 Å². The van der Waals surface area contributed by atoms with E-state index in [0.29, 0.717) is 5.56 Å². The van der Waals surface area contributed by atoms with Crippen LogP contribution in [0, 0.1) is 6.92 Å². The van der Waals surface area contributed by atoms with Crippen LogP contribution in [0.1, 0.15) is 28.4 Å². The highest BCUT2D eigenvalue weighted by Crippen LogP contribution is 2.32. The van der Waals surface area contributed by atoms with Crippen molar-refractivity contribution < 1.29 is 9.53 Å². The summed E-state index contributed by atoms with van der Waals surface area (Å²) >= 11 is 0. The van der Waals surface area contributed by atoms with Crippen molar-refractivity contribution in [3.05, 3.63) is 69.5 Å². The van der Waals surface area contributed by atoms with Crippen LogP contribution in [0.3, 0.4) is 0 Å². The number of fused-ring (bicyclic) bond motifs is 1. The number of aromatic nitrogens is 1. The van der Waals surface area contributed by atoms with Gasteiger partial charge in [0.1, 0.15) is 5.56 Å². The quantitative estimate of drug-likeness (QED) is 0.745. The normalized spacial score (nSPS) is 10.8. The third-order valence-corrected chi connectivity index (χ3v) is 4.24. The molecule has 1 heterocycles. The fraction of sp³-hybridized carbons (Fsp3) is 0.200. The van der Waals surface area contributed by atoms with E-state index < -0.39 is 11.5 Å². The lowest BCUT2D eigenvalue weighted by Gasteiger charge is -2.14. The summed E-state index contributed by atoms with van der Waals surface area (Å²) in [6.07, 6.45) is 0.873. The van der Waals surface area contributed by atoms with E-state index in [4.69, 9.17) is 4.74 Å². The van der Waals surface area contributed by atoms with Gasteiger partial charge < -0.3 is 9.72 Å². The number of H-pyrrole nitrogens is 1. The second kappa shape index (κ2) is 6.32. The number of methoxy groups -OCH3 is 1. The molecule has 4 heteroatoms. The van der Waals surface area contributed by atoms with Crippen LogP contribution in [0.4, 0.5) is 0 Å². The van der Waals surface area contributed by atoms with Crippen molar-refractivity contribution >= 4 is 16.9 Å². The first-order valence-electron chi connectivity index (χ1n) is 7.90. The van der Waals surface area contributed by atoms with E-state index in [2.05, 4.69) is 18.0 Å². The lowest BCUT2D eigenvalue weighted by molar-refractivity contribution is 0.0600. The second-order valence-corrected chi connectivity index (χ2v) is 5.75. The van der Waals surface area contributed by atoms with Crippen LogP contribution < -0.4 is 5.56 Å². The maximum Gasteiger partial charge on any atom is 0.344 e. The molecule has 0 amide bonds. The topological polar surface area (TPSA) is 59.2 Å². The highest BCUT2D eigenvalue weighted by Gasteiger charge is 2.22. The standard InChI is InChI=1S/C20H19NO3/c1-4-13-10-12(2)18-15(11-13)16(14-8-6-5-7-9-14)17(19(22)21-18)20(23)24-3/h5-11H,4H2,1-3H3,(H,21,22). The molecule has 0 radical (unpaired) electrons. The van der Waals surface area contributed by atoms with Crippen molar-refractivity contribution in [2.45, 2.75) is 20.3 Å². The molecule has 0 bridgehead atoms. The molecule has 4 nitrogen and oxygen atoms in total. The maximum atomic E-state index is 12.6. The van der Waals surface area contributed by atoms with Gasteiger partial charge in [0.05, 0.1) is 12.6 Å². The molecule has 0 atom stereocenters. The van der Waals surface area contributed by atoms with Crippen molar-refractivity contribution in [1.82, 2.24) is 4.98 Å². The van der Waals surface area contributed by atoms with E-state index in [0.717, 1.165) is 34.0 Å². The summed E-state index contributed by atoms with van der Waals surface area (Å²) in [6, 6.07) is 13.6. The van der Waals surface area contributed by atoms with Gasteiger partial charge >= 0.3 is 5.97 Å². The number of benzene rings is 2. The lowest BCUT2D eigenvalue weighted by Crippen LogP contribution is -2.21. The van der Waals surface area contributed by atoms with Crippen LogP contribution in [-0.4, -0.2) is 18.1 Å². The molecule has 0 fully saturated rings. The van der Waals surface area contributed by atoms with Crippen molar-refractivity contribution in [1.29, 1.82) is 0 Å². The molecule has 0 aliphatic heterocycles. The lowest BCUT2D eigenvalue weighted by atomic mass is 9.93. The fourth-order valence-corrected chi connectivity index (χ4v) is 3.05. The zero-order valence-corrected chi connectivity index (χ0v) is 14.0. The van der Waals surface area contributed by atoms with Gasteiger partial charge in [0.2, 0.25) is 0 Å². The van der Waals surface area contributed by atoms with E-state index >= 15 is 0 Å². The van der Waals surface area contributed by atoms with Crippen LogP contribution in [0.25, 0.3) is 22.0 Å². The van der Waals surface area contributed by atoms with Gasteiger partial charge in [-0.25, -0.2) is 4.79 Å². The molecule has 0 aliphatic carbocycles. The van der Waals surface area contributed by atoms with Crippen molar-refractivity contribution in [2.75, 3.05) is 7.11 Å². The summed E-state index contributed by atoms with van der Waals surface area (Å²) in [6.45, 7) is 4.04. The van der Waals surface area contributed by atoms with E-state index in [-0.39, 0.29) is 5.56 Å². The predicted octanol–water partition coefficient (Wildman–Crippen LogP) is 3.85. The van der Waals surface area contributed by atoms with Crippen LogP contribution in [0.15, 0.2) is 47.3 Å². The Bertz CT molecular complexity index is 972. The van der Waals surface area contributed by atoms with Crippen molar-refractivity contribution in [3.8, 4) is 11.1 Å². The Morgan fingerprint density at radius 2 is 1.88 bits per heavy atom. The third kappa shape index (κ3) is 2.60. The Morgan fingerprint density at radius 1 is 1.17 bits per heavy atom. The molecule has 3 rings (SSSR count). The average Bonchev–Trinajstić information content (AvgIpc) is 2.61. The summed E-state index contributed by atoms with van der Waals surface area (Å²) in [7, 11) is 1.29. The second-order valence-electron chi connectivity index (χ2n) is 5.75. The zero-order chi connectivity index (χ0) is 17.3. The number of ether oxygens (including phenoxy) is 1. The summed E-state index contributed by atoms with van der Waals surface area (Å²) < 4.78 is 4.86. The fourth-order valence-electron chi connectivity index (χ4n) is 3.05. The monoisotopic (exact) mass is 321 g/mol. The first kappa shape index (κ1) is 16.0. The third-order valence-electron chi connectivity index (χ3n) is 4.24. The minimum absolute atomic E-state index is 0.0452. The Hall–Kier alpha value is -2.88. The van der Waals surface area contributed by atoms with Crippen LogP contribution >= 0.6 is 0 Å². The van der Waals surface area contributed by atoms with Gasteiger partial charge in [0, 0.05) is 10.9 Å². The van der Waals surface area contributed by atoms with Gasteiger partial charge in [0.15, 0.2) is 0 Å². The summed E-state index contributed by atoms with van der Waals surface area (Å²) in [5, 5.41) is 0.859. The molecule has 0 spiro atoms. The minimum atomic E-state index is -0.628. The van der Waals surface area contributed by atoms with Gasteiger partial charge in [-0.1, -0.05) is 43.3 Å². The Morgan fingerprint density at radius 3 is 2.50 bits per heavy atom. The summed E-state index contributed by atoms with van der Waals surface area (Å²) in [5.74, 6) is -0.628. The maximum absolute atomic E-state index is 12.6. The number of aromatic amines is 1. The largest absolute Gasteiger partial charge is 0.465 e. The molecular formula is C20H19NO3. The number of esters is 1. The average molecular weight is 321 g/mol. The number of carbonyl (C=O) groups excluding carboxylic acids is 1. The molecule has 1 aromatic heterocycles. The number of hydrogen-bond donors (Lipinski definition) is 1. The zero-order valence-electron chi connectivity index (χ0n) is 14.0. The van der Waals surface area contributed by atoms with Gasteiger partial charge in [-0.15, -0.1) is 0 Å². The molecule has 0 unspecified atom stereocenters. The first-order valence-corrected chi connectivity index (χ1v) is 7.90. The van der Waals surface area contributed by atoms with Crippen LogP contribution in [0.5, 0.6) is 0 Å². The Balaban J connectivity index is 2.53. The number of pyridine rings is 1. The molecule has 122 valence electrons. The molecule has 0 saturated carbocycles. The smallest absolute Gasteiger partial charge is 0.344 e. The van der Waals surface area contributed by atoms with Gasteiger partial charge in [-0.3, -0.25) is 4.79 Å². The van der Waals surface area contributed by atoms with E-state index in [9.17, 15) is 9.59 Å². The number of nitrogens with one attached hydrogen (secondary N) is 1. The highest BCUT2D eigenvalue weighted by atomic mass is 16.5. The van der Waals surface area contributed by atoms with E-state index in [1.807, 2.05) is 43.3 Å². The van der Waals surface area contributed by atoms with Crippen LogP contribution in [-0.2, 0) is 11.2 Å². The molecule has 0 aliphatic rings. The van der Waals surface area contributed by atoms with Gasteiger partial charge in [0.25, 0.3) is 5.56 Å². The van der Waals surface area contributed by atoms with Crippen molar-refractivity contribution in [3.63, 3.8) is 0 Å². The predicted molar refractivity (Wildman–Crippen MR) is 95.5 cm³/mol. The number of rotatable bonds is 3. The molecular weight excluding hydrogens is 302 g/mol. The first-order chi connectivity index (χ1) is 11.6. The summed E-state index contributed by atoms with van der Waals surface area (Å²) in [4.78, 5) is 27.7. The van der Waals surface area contributed by atoms with Crippen molar-refractivity contribution in [2.24, 2.45) is 0 Å². The number of hydrogen-bond acceptors (Lipinski definition) is 3. The molecule has 0 saturated heterocycles. The molecule has 1 N–H and O–H groups in total. The number of carbonyl (C=O) groups is 1. The molecule has 2 aromatic carbocycles. The van der Waals surface area contributed by atoms with Gasteiger partial charge in [-0.05, 0) is 36.1 Å². The Kier molecular flexibility index (Phi) is 4.21.